The van der Waals surface area contributed by atoms with Gasteiger partial charge in [-0.15, -0.1) is 17.6 Å². The molecule has 2 aromatic carbocycles. The summed E-state index contributed by atoms with van der Waals surface area (Å²) in [4.78, 5) is 23.7. The van der Waals surface area contributed by atoms with Crippen molar-refractivity contribution in [2.45, 2.75) is 45.1 Å². The van der Waals surface area contributed by atoms with Crippen LogP contribution in [0.4, 0.5) is 35.1 Å². The number of benzene rings is 2. The highest BCUT2D eigenvalue weighted by Crippen LogP contribution is 2.37. The molecule has 0 atom stereocenters. The van der Waals surface area contributed by atoms with Gasteiger partial charge in [0.25, 0.3) is 0 Å². The lowest BCUT2D eigenvalue weighted by atomic mass is 9.99. The van der Waals surface area contributed by atoms with Crippen LogP contribution < -0.4 is 10.4 Å². The first-order valence-corrected chi connectivity index (χ1v) is 12.1. The Balaban J connectivity index is 1.65. The van der Waals surface area contributed by atoms with Gasteiger partial charge in [-0.1, -0.05) is 37.8 Å². The predicted octanol–water partition coefficient (Wildman–Crippen LogP) is 6.86. The summed E-state index contributed by atoms with van der Waals surface area (Å²) in [6.07, 6.45) is -21.3. The lowest BCUT2D eigenvalue weighted by Gasteiger charge is -2.27. The van der Waals surface area contributed by atoms with Crippen molar-refractivity contribution in [3.8, 4) is 16.9 Å². The van der Waals surface area contributed by atoms with Crippen LogP contribution in [-0.2, 0) is 30.2 Å². The molecule has 3 aromatic rings. The number of alkyl halides is 8. The molecule has 0 amide bonds. The fourth-order valence-electron chi connectivity index (χ4n) is 3.49. The number of carbonyl (C=O) groups is 1. The number of hydrogen-bond donors (Lipinski definition) is 0. The quantitative estimate of drug-likeness (QED) is 0.0631. The van der Waals surface area contributed by atoms with Crippen LogP contribution in [0.5, 0.6) is 5.75 Å². The van der Waals surface area contributed by atoms with Crippen molar-refractivity contribution >= 4 is 16.9 Å². The molecule has 3 rings (SSSR count). The number of aryl methyl sites for hydroxylation is 1. The van der Waals surface area contributed by atoms with E-state index in [1.807, 2.05) is 13.0 Å². The van der Waals surface area contributed by atoms with E-state index in [2.05, 4.69) is 30.3 Å². The minimum atomic E-state index is -5.91. The second-order valence-electron chi connectivity index (χ2n) is 8.81. The van der Waals surface area contributed by atoms with Gasteiger partial charge in [0.1, 0.15) is 11.3 Å². The van der Waals surface area contributed by atoms with E-state index in [1.54, 1.807) is 18.2 Å². The molecule has 1 heterocycles. The van der Waals surface area contributed by atoms with E-state index in [1.165, 1.54) is 12.1 Å². The summed E-state index contributed by atoms with van der Waals surface area (Å²) in [7, 11) is 0. The molecule has 16 heteroatoms. The summed E-state index contributed by atoms with van der Waals surface area (Å²) in [5.41, 5.74) is 0.417. The molecule has 0 saturated carbocycles. The third-order valence-electron chi connectivity index (χ3n) is 5.30. The lowest BCUT2D eigenvalue weighted by Crippen LogP contribution is -2.46. The van der Waals surface area contributed by atoms with Crippen molar-refractivity contribution in [3.05, 3.63) is 76.7 Å². The van der Waals surface area contributed by atoms with Gasteiger partial charge in [-0.3, -0.25) is 0 Å². The van der Waals surface area contributed by atoms with Crippen LogP contribution in [0.25, 0.3) is 22.1 Å². The molecule has 0 aliphatic carbocycles. The van der Waals surface area contributed by atoms with Crippen LogP contribution >= 0.6 is 0 Å². The first-order valence-electron chi connectivity index (χ1n) is 12.1. The van der Waals surface area contributed by atoms with E-state index in [9.17, 15) is 44.7 Å². The zero-order valence-electron chi connectivity index (χ0n) is 22.2. The largest absolute Gasteiger partial charge is 0.496 e. The number of carbonyl (C=O) groups excluding carboxylic acids is 1. The zero-order chi connectivity index (χ0) is 32.2. The number of fused-ring (bicyclic) bond motifs is 1. The maximum absolute atomic E-state index is 14.0. The number of rotatable bonds is 14. The first kappa shape index (κ1) is 33.5. The zero-order valence-corrected chi connectivity index (χ0v) is 22.2. The normalized spacial score (nSPS) is 12.8. The van der Waals surface area contributed by atoms with Gasteiger partial charge < -0.3 is 13.9 Å². The smallest absolute Gasteiger partial charge is 0.484 e. The fraction of sp³-hybridized carbons (Fsp3) is 0.333. The third kappa shape index (κ3) is 9.49. The van der Waals surface area contributed by atoms with Crippen molar-refractivity contribution in [3.63, 3.8) is 0 Å². The van der Waals surface area contributed by atoms with Gasteiger partial charge in [-0.2, -0.15) is 17.6 Å². The molecule has 234 valence electrons. The molecule has 0 spiro atoms. The monoisotopic (exact) mass is 626 g/mol. The Bertz CT molecular complexity index is 1540. The number of halogens is 8. The third-order valence-corrected chi connectivity index (χ3v) is 5.30. The van der Waals surface area contributed by atoms with Gasteiger partial charge in [0.15, 0.2) is 13.2 Å². The molecule has 1 aromatic heterocycles. The van der Waals surface area contributed by atoms with Crippen molar-refractivity contribution in [2.24, 2.45) is 0 Å². The Morgan fingerprint density at radius 1 is 0.837 bits per heavy atom. The number of hydrogen-bond acceptors (Lipinski definition) is 8. The van der Waals surface area contributed by atoms with Gasteiger partial charge in [0.05, 0.1) is 5.56 Å². The van der Waals surface area contributed by atoms with Crippen LogP contribution in [0.1, 0.15) is 19.4 Å². The maximum Gasteiger partial charge on any atom is 0.496 e. The van der Waals surface area contributed by atoms with E-state index < -0.39 is 60.9 Å². The molecule has 0 fully saturated rings. The molecule has 0 bridgehead atoms. The standard InChI is InChI=1S/C27H22F8O8/c1-4-16-7-5-6-8-19(16)20-11-17-9-10-18(12-21(17)40-23(20)37)38-13-24(28,29)41-26(32,33)43-27(34,35)42-25(30,31)14-39-22(36)15(2)3/h5-12H,2,4,13-14H2,1,3H3. The minimum Gasteiger partial charge on any atom is -0.484 e. The SMILES string of the molecule is C=C(C)C(=O)OCC(F)(F)OC(F)(F)OC(F)(F)OC(F)(F)COc1ccc2cc(-c3ccccc3CC)c(=O)oc2c1. The topological polar surface area (TPSA) is 93.4 Å². The summed E-state index contributed by atoms with van der Waals surface area (Å²) < 4.78 is 132. The summed E-state index contributed by atoms with van der Waals surface area (Å²) in [5, 5.41) is 0.351. The molecule has 0 aliphatic rings. The van der Waals surface area contributed by atoms with Crippen molar-refractivity contribution in [1.29, 1.82) is 0 Å². The average molecular weight is 626 g/mol. The van der Waals surface area contributed by atoms with Crippen LogP contribution in [0.2, 0.25) is 0 Å². The Morgan fingerprint density at radius 3 is 2.05 bits per heavy atom. The van der Waals surface area contributed by atoms with E-state index in [4.69, 9.17) is 4.42 Å². The first-order chi connectivity index (χ1) is 19.8. The van der Waals surface area contributed by atoms with Gasteiger partial charge in [-0.25, -0.2) is 23.8 Å². The van der Waals surface area contributed by atoms with Crippen LogP contribution in [0.15, 0.2) is 69.9 Å². The van der Waals surface area contributed by atoms with Gasteiger partial charge in [0, 0.05) is 17.0 Å². The predicted molar refractivity (Wildman–Crippen MR) is 132 cm³/mol. The summed E-state index contributed by atoms with van der Waals surface area (Å²) in [5.74, 6) is -1.88. The van der Waals surface area contributed by atoms with Gasteiger partial charge in [0.2, 0.25) is 0 Å². The highest BCUT2D eigenvalue weighted by molar-refractivity contribution is 5.87. The van der Waals surface area contributed by atoms with Crippen molar-refractivity contribution in [1.82, 2.24) is 0 Å². The minimum absolute atomic E-state index is 0.121. The summed E-state index contributed by atoms with van der Waals surface area (Å²) in [6, 6.07) is 12.0. The molecule has 0 aliphatic heterocycles. The maximum atomic E-state index is 14.0. The molecular weight excluding hydrogens is 604 g/mol. The van der Waals surface area contributed by atoms with Crippen LogP contribution in [0.3, 0.4) is 0 Å². The number of ether oxygens (including phenoxy) is 5. The Kier molecular flexibility index (Phi) is 9.88. The number of esters is 1. The molecule has 0 unspecified atom stereocenters. The van der Waals surface area contributed by atoms with E-state index >= 15 is 0 Å². The van der Waals surface area contributed by atoms with E-state index in [0.717, 1.165) is 24.6 Å². The summed E-state index contributed by atoms with van der Waals surface area (Å²) >= 11 is 0. The van der Waals surface area contributed by atoms with E-state index in [-0.39, 0.29) is 11.1 Å². The van der Waals surface area contributed by atoms with Crippen molar-refractivity contribution in [2.75, 3.05) is 13.2 Å². The second-order valence-corrected chi connectivity index (χ2v) is 8.81. The molecular formula is C27H22F8O8. The van der Waals surface area contributed by atoms with Gasteiger partial charge >= 0.3 is 36.4 Å². The Labute approximate surface area is 237 Å². The van der Waals surface area contributed by atoms with Crippen molar-refractivity contribution < 1.29 is 68.0 Å². The average Bonchev–Trinajstić information content (AvgIpc) is 2.88. The second kappa shape index (κ2) is 12.7. The Morgan fingerprint density at radius 2 is 1.44 bits per heavy atom. The summed E-state index contributed by atoms with van der Waals surface area (Å²) in [6.45, 7) is 1.77. The molecule has 0 N–H and O–H groups in total. The molecule has 0 saturated heterocycles. The molecule has 43 heavy (non-hydrogen) atoms. The highest BCUT2D eigenvalue weighted by Gasteiger charge is 2.57. The Hall–Kier alpha value is -4.02. The van der Waals surface area contributed by atoms with E-state index in [0.29, 0.717) is 17.4 Å². The van der Waals surface area contributed by atoms with Crippen LogP contribution in [-0.4, -0.2) is 44.0 Å². The highest BCUT2D eigenvalue weighted by atomic mass is 19.3. The fourth-order valence-corrected chi connectivity index (χ4v) is 3.49. The molecule has 0 radical (unpaired) electrons. The molecule has 8 nitrogen and oxygen atoms in total. The van der Waals surface area contributed by atoms with Crippen LogP contribution in [0, 0.1) is 0 Å². The lowest BCUT2D eigenvalue weighted by molar-refractivity contribution is -0.574. The van der Waals surface area contributed by atoms with Gasteiger partial charge in [-0.05, 0) is 42.7 Å².